The molecule has 0 bridgehead atoms. The molecule has 0 aliphatic carbocycles. The maximum Gasteiger partial charge on any atom is 0.375 e. The van der Waals surface area contributed by atoms with E-state index in [1.807, 2.05) is 6.07 Å². The molecule has 0 N–H and O–H groups in total. The molecule has 0 saturated carbocycles. The van der Waals surface area contributed by atoms with Gasteiger partial charge in [0.05, 0.1) is 11.4 Å². The largest absolute Gasteiger partial charge is 0.466 e. The van der Waals surface area contributed by atoms with E-state index in [0.29, 0.717) is 0 Å². The van der Waals surface area contributed by atoms with Gasteiger partial charge in [0.15, 0.2) is 0 Å². The van der Waals surface area contributed by atoms with Crippen LogP contribution in [0, 0.1) is 6.92 Å². The highest BCUT2D eigenvalue weighted by Gasteiger charge is 2.49. The van der Waals surface area contributed by atoms with Crippen LogP contribution in [0.4, 0.5) is 28.4 Å². The van der Waals surface area contributed by atoms with Gasteiger partial charge >= 0.3 is 6.85 Å². The normalized spacial score (nSPS) is 13.7. The molecule has 2 aliphatic rings. The lowest BCUT2D eigenvalue weighted by Gasteiger charge is -2.44. The molecule has 0 saturated heterocycles. The summed E-state index contributed by atoms with van der Waals surface area (Å²) in [7, 11) is 0. The summed E-state index contributed by atoms with van der Waals surface area (Å²) in [5.41, 5.74) is 18.9. The molecular formula is C53H45BN2O2. The Morgan fingerprint density at radius 2 is 1.14 bits per heavy atom. The monoisotopic (exact) mass is 752 g/mol. The predicted octanol–water partition coefficient (Wildman–Crippen LogP) is 13.6. The molecule has 11 rings (SSSR count). The highest BCUT2D eigenvalue weighted by atomic mass is 16.3. The molecule has 0 unspecified atom stereocenters. The van der Waals surface area contributed by atoms with E-state index >= 15 is 0 Å². The molecule has 0 spiro atoms. The first-order valence-corrected chi connectivity index (χ1v) is 20.5. The van der Waals surface area contributed by atoms with Gasteiger partial charge in [0.1, 0.15) is 22.4 Å². The van der Waals surface area contributed by atoms with Gasteiger partial charge in [0.2, 0.25) is 0 Å². The van der Waals surface area contributed by atoms with Gasteiger partial charge in [-0.1, -0.05) is 126 Å². The Kier molecular flexibility index (Phi) is 7.36. The van der Waals surface area contributed by atoms with Crippen molar-refractivity contribution < 1.29 is 8.83 Å². The number of furan rings is 2. The Hall–Kier alpha value is -6.46. The number of anilines is 5. The lowest BCUT2D eigenvalue weighted by molar-refractivity contribution is 0.590. The molecule has 282 valence electrons. The minimum Gasteiger partial charge on any atom is -0.466 e. The molecule has 0 fully saturated rings. The topological polar surface area (TPSA) is 32.8 Å². The first kappa shape index (κ1) is 34.8. The van der Waals surface area contributed by atoms with Crippen LogP contribution in [0.3, 0.4) is 0 Å². The van der Waals surface area contributed by atoms with Crippen LogP contribution in [-0.4, -0.2) is 6.85 Å². The number of para-hydroxylation sites is 2. The quantitative estimate of drug-likeness (QED) is 0.168. The summed E-state index contributed by atoms with van der Waals surface area (Å²) < 4.78 is 13.8. The summed E-state index contributed by atoms with van der Waals surface area (Å²) in [5, 5.41) is 3.32. The fourth-order valence-electron chi connectivity index (χ4n) is 9.46. The lowest BCUT2D eigenvalue weighted by atomic mass is 9.45. The van der Waals surface area contributed by atoms with E-state index in [4.69, 9.17) is 8.83 Å². The van der Waals surface area contributed by atoms with Crippen LogP contribution in [0.5, 0.6) is 0 Å². The summed E-state index contributed by atoms with van der Waals surface area (Å²) >= 11 is 0. The molecule has 7 aromatic carbocycles. The molecule has 2 aromatic heterocycles. The molecule has 9 aromatic rings. The molecular weight excluding hydrogens is 707 g/mol. The second-order valence-corrected chi connectivity index (χ2v) is 18.3. The Labute approximate surface area is 340 Å². The number of hydrogen-bond donors (Lipinski definition) is 0. The van der Waals surface area contributed by atoms with E-state index < -0.39 is 0 Å². The number of aryl methyl sites for hydroxylation is 1. The first-order valence-electron chi connectivity index (χ1n) is 20.5. The third kappa shape index (κ3) is 5.15. The SMILES string of the molecule is Cc1cc2c3c(c1)N(c1ccc(C(C)(C)C)cc1-c1ccccc1)c1c(oc4ccccc14)B3N(c1ccc(C(C)(C)C)cc1)c1cc3c(cc1-2)oc1ccccc13. The van der Waals surface area contributed by atoms with Gasteiger partial charge in [-0.3, -0.25) is 0 Å². The molecule has 5 heteroatoms. The van der Waals surface area contributed by atoms with E-state index in [-0.39, 0.29) is 17.7 Å². The summed E-state index contributed by atoms with van der Waals surface area (Å²) in [6.45, 7) is 15.7. The number of hydrogen-bond acceptors (Lipinski definition) is 4. The fraction of sp³-hybridized carbons (Fsp3) is 0.170. The second-order valence-electron chi connectivity index (χ2n) is 18.3. The Balaban J connectivity index is 1.27. The average molecular weight is 753 g/mol. The summed E-state index contributed by atoms with van der Waals surface area (Å²) in [5.74, 6) is 0. The van der Waals surface area contributed by atoms with Gasteiger partial charge in [-0.05, 0) is 112 Å². The molecule has 0 atom stereocenters. The minimum atomic E-state index is -0.248. The van der Waals surface area contributed by atoms with Crippen molar-refractivity contribution in [1.29, 1.82) is 0 Å². The Morgan fingerprint density at radius 3 is 1.86 bits per heavy atom. The third-order valence-electron chi connectivity index (χ3n) is 12.4. The van der Waals surface area contributed by atoms with Gasteiger partial charge in [0.25, 0.3) is 0 Å². The van der Waals surface area contributed by atoms with Crippen molar-refractivity contribution in [2.75, 3.05) is 9.71 Å². The number of fused-ring (bicyclic) bond motifs is 9. The number of nitrogens with zero attached hydrogens (tertiary/aromatic N) is 2. The summed E-state index contributed by atoms with van der Waals surface area (Å²) in [6.07, 6.45) is 0. The van der Waals surface area contributed by atoms with Crippen LogP contribution in [-0.2, 0) is 10.8 Å². The second kappa shape index (κ2) is 12.3. The zero-order chi connectivity index (χ0) is 39.7. The molecule has 4 nitrogen and oxygen atoms in total. The molecule has 58 heavy (non-hydrogen) atoms. The molecule has 4 heterocycles. The first-order chi connectivity index (χ1) is 27.9. The van der Waals surface area contributed by atoms with Crippen LogP contribution in [0.1, 0.15) is 58.2 Å². The summed E-state index contributed by atoms with van der Waals surface area (Å²) in [6, 6.07) is 53.4. The molecule has 2 aliphatic heterocycles. The van der Waals surface area contributed by atoms with Gasteiger partial charge in [-0.2, -0.15) is 0 Å². The van der Waals surface area contributed by atoms with Crippen molar-refractivity contribution in [3.63, 3.8) is 0 Å². The van der Waals surface area contributed by atoms with E-state index in [0.717, 1.165) is 72.6 Å². The zero-order valence-corrected chi connectivity index (χ0v) is 34.1. The van der Waals surface area contributed by atoms with Crippen molar-refractivity contribution >= 4 is 79.3 Å². The Bertz CT molecular complexity index is 3100. The van der Waals surface area contributed by atoms with Crippen LogP contribution in [0.25, 0.3) is 55.2 Å². The maximum atomic E-state index is 7.23. The van der Waals surface area contributed by atoms with Gasteiger partial charge in [0, 0.05) is 44.3 Å². The smallest absolute Gasteiger partial charge is 0.375 e. The summed E-state index contributed by atoms with van der Waals surface area (Å²) in [4.78, 5) is 5.04. The van der Waals surface area contributed by atoms with Gasteiger partial charge in [-0.15, -0.1) is 0 Å². The van der Waals surface area contributed by atoms with Crippen LogP contribution in [0.15, 0.2) is 154 Å². The van der Waals surface area contributed by atoms with Crippen molar-refractivity contribution in [3.05, 3.63) is 162 Å². The van der Waals surface area contributed by atoms with Crippen molar-refractivity contribution in [1.82, 2.24) is 0 Å². The van der Waals surface area contributed by atoms with Crippen molar-refractivity contribution in [3.8, 4) is 22.3 Å². The van der Waals surface area contributed by atoms with E-state index in [1.165, 1.54) is 38.8 Å². The average Bonchev–Trinajstić information content (AvgIpc) is 3.78. The highest BCUT2D eigenvalue weighted by molar-refractivity contribution is 6.93. The standard InChI is InChI=1S/C53H45BN2O2/c1-32-27-42-40-31-48-41(37-17-11-13-19-46(37)57-48)30-44(40)56(36-24-21-34(22-25-36)52(2,3)4)54-49(42)45(28-32)55(50-38-18-12-14-20-47(38)58-51(50)54)43-26-23-35(53(5,6)7)29-39(43)33-15-9-8-10-16-33/h8-31H,1-7H3. The number of benzene rings is 7. The maximum absolute atomic E-state index is 7.23. The van der Waals surface area contributed by atoms with Crippen molar-refractivity contribution in [2.45, 2.75) is 59.3 Å². The zero-order valence-electron chi connectivity index (χ0n) is 34.1. The molecule has 0 amide bonds. The fourth-order valence-corrected chi connectivity index (χ4v) is 9.46. The minimum absolute atomic E-state index is 0.0216. The van der Waals surface area contributed by atoms with Crippen LogP contribution in [0.2, 0.25) is 0 Å². The van der Waals surface area contributed by atoms with Gasteiger partial charge in [-0.25, -0.2) is 0 Å². The van der Waals surface area contributed by atoms with E-state index in [1.54, 1.807) is 0 Å². The lowest BCUT2D eigenvalue weighted by Crippen LogP contribution is -2.61. The Morgan fingerprint density at radius 1 is 0.483 bits per heavy atom. The highest BCUT2D eigenvalue weighted by Crippen LogP contribution is 2.52. The number of rotatable bonds is 3. The van der Waals surface area contributed by atoms with Crippen molar-refractivity contribution in [2.24, 2.45) is 0 Å². The predicted molar refractivity (Wildman–Crippen MR) is 245 cm³/mol. The van der Waals surface area contributed by atoms with E-state index in [9.17, 15) is 0 Å². The van der Waals surface area contributed by atoms with Gasteiger partial charge < -0.3 is 18.5 Å². The molecule has 0 radical (unpaired) electrons. The van der Waals surface area contributed by atoms with Crippen LogP contribution < -0.4 is 20.8 Å². The van der Waals surface area contributed by atoms with Crippen LogP contribution >= 0.6 is 0 Å². The third-order valence-corrected chi connectivity index (χ3v) is 12.4. The van der Waals surface area contributed by atoms with E-state index in [2.05, 4.69) is 198 Å².